The lowest BCUT2D eigenvalue weighted by Crippen LogP contribution is -2.51. The lowest BCUT2D eigenvalue weighted by molar-refractivity contribution is -0.141. The number of alkyl halides is 4. The average molecular weight is 476 g/mol. The molecule has 0 aliphatic carbocycles. The van der Waals surface area contributed by atoms with Gasteiger partial charge in [-0.1, -0.05) is 0 Å². The Balaban J connectivity index is 1.78. The smallest absolute Gasteiger partial charge is 0.433 e. The van der Waals surface area contributed by atoms with Gasteiger partial charge in [-0.2, -0.15) is 13.2 Å². The minimum atomic E-state index is -4.62. The van der Waals surface area contributed by atoms with Gasteiger partial charge in [-0.25, -0.2) is 22.9 Å². The predicted molar refractivity (Wildman–Crippen MR) is 108 cm³/mol. The van der Waals surface area contributed by atoms with E-state index in [2.05, 4.69) is 15.6 Å². The molecule has 12 heteroatoms. The molecule has 1 saturated heterocycles. The number of hydrogen-bond acceptors (Lipinski definition) is 4. The molecule has 1 fully saturated rings. The second-order valence-electron chi connectivity index (χ2n) is 7.52. The van der Waals surface area contributed by atoms with Crippen LogP contribution in [0.25, 0.3) is 0 Å². The molecule has 0 spiro atoms. The summed E-state index contributed by atoms with van der Waals surface area (Å²) in [5, 5.41) is 4.98. The zero-order chi connectivity index (χ0) is 24.2. The summed E-state index contributed by atoms with van der Waals surface area (Å²) in [7, 11) is 1.27. The molecular weight excluding hydrogens is 454 g/mol. The lowest BCUT2D eigenvalue weighted by Gasteiger charge is -2.39. The molecular formula is C21H22F6N4O2. The third-order valence-corrected chi connectivity index (χ3v) is 5.39. The van der Waals surface area contributed by atoms with E-state index in [0.717, 1.165) is 30.5 Å². The highest BCUT2D eigenvalue weighted by atomic mass is 19.4. The van der Waals surface area contributed by atoms with Crippen LogP contribution in [0.1, 0.15) is 23.6 Å². The number of urea groups is 1. The van der Waals surface area contributed by atoms with Gasteiger partial charge in [0.05, 0.1) is 19.0 Å². The number of benzene rings is 1. The van der Waals surface area contributed by atoms with Crippen LogP contribution >= 0.6 is 0 Å². The Kier molecular flexibility index (Phi) is 7.67. The molecule has 0 radical (unpaired) electrons. The topological polar surface area (TPSA) is 66.5 Å². The van der Waals surface area contributed by atoms with Crippen molar-refractivity contribution in [3.8, 4) is 5.75 Å². The Morgan fingerprint density at radius 3 is 2.48 bits per heavy atom. The van der Waals surface area contributed by atoms with E-state index in [9.17, 15) is 31.1 Å². The van der Waals surface area contributed by atoms with Gasteiger partial charge in [-0.05, 0) is 18.6 Å². The Hall–Kier alpha value is -3.02. The van der Waals surface area contributed by atoms with E-state index in [-0.39, 0.29) is 36.5 Å². The summed E-state index contributed by atoms with van der Waals surface area (Å²) in [5.74, 6) is -2.58. The zero-order valence-corrected chi connectivity index (χ0v) is 17.6. The number of nitrogens with zero attached hydrogens (tertiary/aromatic N) is 2. The molecule has 0 bridgehead atoms. The van der Waals surface area contributed by atoms with Crippen LogP contribution in [0.2, 0.25) is 0 Å². The van der Waals surface area contributed by atoms with Crippen molar-refractivity contribution in [3.63, 3.8) is 0 Å². The van der Waals surface area contributed by atoms with E-state index in [1.807, 2.05) is 0 Å². The Labute approximate surface area is 185 Å². The largest absolute Gasteiger partial charge is 0.497 e. The fraction of sp³-hybridized carbons (Fsp3) is 0.429. The number of anilines is 1. The number of nitrogens with one attached hydrogen (secondary N) is 2. The van der Waals surface area contributed by atoms with Gasteiger partial charge in [0.1, 0.15) is 29.8 Å². The lowest BCUT2D eigenvalue weighted by atomic mass is 9.85. The van der Waals surface area contributed by atoms with Crippen molar-refractivity contribution in [2.75, 3.05) is 38.7 Å². The van der Waals surface area contributed by atoms with Crippen molar-refractivity contribution in [2.45, 2.75) is 24.6 Å². The second-order valence-corrected chi connectivity index (χ2v) is 7.52. The summed E-state index contributed by atoms with van der Waals surface area (Å²) < 4.78 is 85.1. The molecule has 33 heavy (non-hydrogen) atoms. The molecule has 2 N–H and O–H groups in total. The number of halogens is 6. The highest BCUT2D eigenvalue weighted by Crippen LogP contribution is 2.33. The minimum absolute atomic E-state index is 0.00808. The summed E-state index contributed by atoms with van der Waals surface area (Å²) in [5.41, 5.74) is -1.37. The molecule has 1 unspecified atom stereocenters. The molecule has 1 aliphatic rings. The number of rotatable bonds is 6. The molecule has 1 aliphatic heterocycles. The summed E-state index contributed by atoms with van der Waals surface area (Å²) >= 11 is 0. The highest BCUT2D eigenvalue weighted by Gasteiger charge is 2.35. The van der Waals surface area contributed by atoms with Crippen molar-refractivity contribution in [3.05, 3.63) is 53.4 Å². The fourth-order valence-electron chi connectivity index (χ4n) is 3.81. The highest BCUT2D eigenvalue weighted by molar-refractivity contribution is 5.89. The Morgan fingerprint density at radius 1 is 1.24 bits per heavy atom. The first kappa shape index (κ1) is 24.6. The van der Waals surface area contributed by atoms with Crippen LogP contribution in [0.4, 0.5) is 36.8 Å². The summed E-state index contributed by atoms with van der Waals surface area (Å²) in [6.45, 7) is -0.0880. The molecule has 3 rings (SSSR count). The summed E-state index contributed by atoms with van der Waals surface area (Å²) in [6.07, 6.45) is -3.49. The number of aromatic nitrogens is 1. The van der Waals surface area contributed by atoms with Crippen LogP contribution in [0.15, 0.2) is 30.5 Å². The standard InChI is InChI=1S/C21H22F6N4O2/c1-33-13-8-15(23)19(16(24)9-13)14-11-31(7-5-22)6-4-17(14)30-20(32)29-12-2-3-18(28-10-12)21(25,26)27/h2-3,8-10,14,17H,4-7,11H2,1H3,(H2,29,30,32)/t14?,17-/m1/s1. The number of hydrogen-bond donors (Lipinski definition) is 2. The number of ether oxygens (including phenoxy) is 1. The predicted octanol–water partition coefficient (Wildman–Crippen LogP) is 4.34. The van der Waals surface area contributed by atoms with E-state index >= 15 is 0 Å². The number of carbonyl (C=O) groups is 1. The summed E-state index contributed by atoms with van der Waals surface area (Å²) in [6, 6.07) is 2.31. The first-order chi connectivity index (χ1) is 15.6. The molecule has 2 atom stereocenters. The molecule has 180 valence electrons. The first-order valence-electron chi connectivity index (χ1n) is 10.0. The van der Waals surface area contributed by atoms with Gasteiger partial charge < -0.3 is 15.4 Å². The van der Waals surface area contributed by atoms with Crippen molar-refractivity contribution in [2.24, 2.45) is 0 Å². The number of likely N-dealkylation sites (tertiary alicyclic amines) is 1. The van der Waals surface area contributed by atoms with Crippen LogP contribution in [-0.2, 0) is 6.18 Å². The van der Waals surface area contributed by atoms with Gasteiger partial charge in [-0.15, -0.1) is 0 Å². The molecule has 1 aromatic carbocycles. The second kappa shape index (κ2) is 10.3. The van der Waals surface area contributed by atoms with Gasteiger partial charge in [0, 0.05) is 49.3 Å². The minimum Gasteiger partial charge on any atom is -0.497 e. The molecule has 2 heterocycles. The normalized spacial score (nSPS) is 19.2. The van der Waals surface area contributed by atoms with E-state index in [1.165, 1.54) is 7.11 Å². The quantitative estimate of drug-likeness (QED) is 0.609. The van der Waals surface area contributed by atoms with E-state index < -0.39 is 48.2 Å². The van der Waals surface area contributed by atoms with Crippen LogP contribution in [-0.4, -0.2) is 55.4 Å². The van der Waals surface area contributed by atoms with Crippen molar-refractivity contribution >= 4 is 11.7 Å². The number of carbonyl (C=O) groups excluding carboxylic acids is 1. The van der Waals surface area contributed by atoms with E-state index in [0.29, 0.717) is 6.54 Å². The molecule has 6 nitrogen and oxygen atoms in total. The van der Waals surface area contributed by atoms with E-state index in [1.54, 1.807) is 4.90 Å². The Bertz CT molecular complexity index is 947. The number of pyridine rings is 1. The monoisotopic (exact) mass is 476 g/mol. The average Bonchev–Trinajstić information content (AvgIpc) is 2.74. The van der Waals surface area contributed by atoms with E-state index in [4.69, 9.17) is 4.74 Å². The zero-order valence-electron chi connectivity index (χ0n) is 17.6. The maximum absolute atomic E-state index is 14.7. The maximum atomic E-state index is 14.7. The van der Waals surface area contributed by atoms with Crippen molar-refractivity contribution < 1.29 is 35.9 Å². The molecule has 1 aromatic heterocycles. The fourth-order valence-corrected chi connectivity index (χ4v) is 3.81. The molecule has 0 saturated carbocycles. The number of amides is 2. The number of methoxy groups -OCH3 is 1. The van der Waals surface area contributed by atoms with Crippen LogP contribution in [0.5, 0.6) is 5.75 Å². The Morgan fingerprint density at radius 2 is 1.94 bits per heavy atom. The maximum Gasteiger partial charge on any atom is 0.433 e. The van der Waals surface area contributed by atoms with Crippen molar-refractivity contribution in [1.29, 1.82) is 0 Å². The molecule has 2 amide bonds. The third kappa shape index (κ3) is 6.06. The van der Waals surface area contributed by atoms with Gasteiger partial charge in [0.15, 0.2) is 0 Å². The number of piperidine rings is 1. The summed E-state index contributed by atoms with van der Waals surface area (Å²) in [4.78, 5) is 17.4. The molecule has 2 aromatic rings. The third-order valence-electron chi connectivity index (χ3n) is 5.39. The van der Waals surface area contributed by atoms with Gasteiger partial charge in [-0.3, -0.25) is 4.90 Å². The van der Waals surface area contributed by atoms with Gasteiger partial charge in [0.2, 0.25) is 0 Å². The van der Waals surface area contributed by atoms with Crippen molar-refractivity contribution in [1.82, 2.24) is 15.2 Å². The van der Waals surface area contributed by atoms with Crippen LogP contribution in [0, 0.1) is 11.6 Å². The van der Waals surface area contributed by atoms with Crippen LogP contribution in [0.3, 0.4) is 0 Å². The van der Waals surface area contributed by atoms with Gasteiger partial charge >= 0.3 is 12.2 Å². The SMILES string of the molecule is COc1cc(F)c(C2CN(CCF)CC[C@H]2NC(=O)Nc2ccc(C(F)(F)F)nc2)c(F)c1. The van der Waals surface area contributed by atoms with Crippen LogP contribution < -0.4 is 15.4 Å². The first-order valence-corrected chi connectivity index (χ1v) is 10.0. The van der Waals surface area contributed by atoms with Gasteiger partial charge in [0.25, 0.3) is 0 Å².